The van der Waals surface area contributed by atoms with Crippen molar-refractivity contribution < 1.29 is 18.2 Å². The van der Waals surface area contributed by atoms with Gasteiger partial charge in [0.15, 0.2) is 0 Å². The first-order valence-electron chi connectivity index (χ1n) is 2.72. The monoisotopic (exact) mass is 177 g/mol. The van der Waals surface area contributed by atoms with Crippen LogP contribution in [-0.4, -0.2) is 4.89 Å². The highest BCUT2D eigenvalue weighted by Gasteiger charge is 2.18. The second kappa shape index (κ2) is 3.03. The van der Waals surface area contributed by atoms with Gasteiger partial charge in [0.25, 0.3) is 0 Å². The molecule has 1 N–H and O–H groups in total. The molecule has 0 saturated carbocycles. The van der Waals surface area contributed by atoms with E-state index in [2.05, 4.69) is 0 Å². The van der Waals surface area contributed by atoms with E-state index in [1.54, 1.807) is 0 Å². The Morgan fingerprint density at radius 1 is 1.18 bits per heavy atom. The molecule has 1 rings (SSSR count). The number of benzene rings is 1. The highest BCUT2D eigenvalue weighted by atomic mass is 31.1. The fraction of sp³-hybridized carbons (Fsp3) is 0. The molecule has 2 nitrogen and oxygen atoms in total. The molecule has 11 heavy (non-hydrogen) atoms. The zero-order valence-corrected chi connectivity index (χ0v) is 6.19. The number of rotatable bonds is 1. The molecule has 0 aromatic heterocycles. The van der Waals surface area contributed by atoms with Crippen LogP contribution >= 0.6 is 8.03 Å². The minimum atomic E-state index is -2.66. The van der Waals surface area contributed by atoms with Gasteiger partial charge in [0.05, 0.1) is 0 Å². The molecule has 0 radical (unpaired) electrons. The summed E-state index contributed by atoms with van der Waals surface area (Å²) in [5.74, 6) is -1.70. The Kier molecular flexibility index (Phi) is 2.27. The third kappa shape index (κ3) is 2.03. The Balaban J connectivity index is 3.19. The van der Waals surface area contributed by atoms with E-state index in [0.717, 1.165) is 12.1 Å². The smallest absolute Gasteiger partial charge is 0.207 e. The topological polar surface area (TPSA) is 37.3 Å². The van der Waals surface area contributed by atoms with Crippen LogP contribution in [0.1, 0.15) is 0 Å². The van der Waals surface area contributed by atoms with Crippen molar-refractivity contribution in [3.8, 4) is 0 Å². The number of halogens is 2. The molecule has 1 atom stereocenters. The molecule has 5 heteroatoms. The zero-order valence-electron chi connectivity index (χ0n) is 5.29. The van der Waals surface area contributed by atoms with Crippen LogP contribution in [0, 0.1) is 11.6 Å². The maximum atomic E-state index is 12.3. The SMILES string of the molecule is O=[P+](O)c1cc(F)cc(F)c1. The molecule has 0 aliphatic rings. The van der Waals surface area contributed by atoms with E-state index in [1.807, 2.05) is 0 Å². The highest BCUT2D eigenvalue weighted by Crippen LogP contribution is 2.14. The van der Waals surface area contributed by atoms with Crippen LogP contribution in [0.3, 0.4) is 0 Å². The van der Waals surface area contributed by atoms with E-state index in [-0.39, 0.29) is 5.30 Å². The molecule has 1 unspecified atom stereocenters. The molecule has 0 fully saturated rings. The Bertz CT molecular complexity index is 280. The van der Waals surface area contributed by atoms with Crippen molar-refractivity contribution in [1.82, 2.24) is 0 Å². The highest BCUT2D eigenvalue weighted by molar-refractivity contribution is 7.47. The van der Waals surface area contributed by atoms with Crippen LogP contribution in [0.2, 0.25) is 0 Å². The summed E-state index contributed by atoms with van der Waals surface area (Å²) in [4.78, 5) is 8.45. The van der Waals surface area contributed by atoms with Crippen LogP contribution in [0.4, 0.5) is 8.78 Å². The molecule has 0 bridgehead atoms. The Hall–Kier alpha value is -0.860. The van der Waals surface area contributed by atoms with Crippen molar-refractivity contribution in [2.24, 2.45) is 0 Å². The van der Waals surface area contributed by atoms with E-state index in [9.17, 15) is 13.3 Å². The minimum Gasteiger partial charge on any atom is -0.207 e. The summed E-state index contributed by atoms with van der Waals surface area (Å²) in [5, 5.41) is -0.238. The first-order chi connectivity index (χ1) is 5.09. The summed E-state index contributed by atoms with van der Waals surface area (Å²) in [6.45, 7) is 0. The van der Waals surface area contributed by atoms with Crippen molar-refractivity contribution in [3.05, 3.63) is 29.8 Å². The van der Waals surface area contributed by atoms with Gasteiger partial charge in [-0.15, -0.1) is 0 Å². The second-order valence-corrected chi connectivity index (χ2v) is 2.96. The van der Waals surface area contributed by atoms with E-state index >= 15 is 0 Å². The van der Waals surface area contributed by atoms with Gasteiger partial charge in [-0.05, 0) is 4.57 Å². The fourth-order valence-electron chi connectivity index (χ4n) is 0.650. The lowest BCUT2D eigenvalue weighted by Crippen LogP contribution is -1.98. The van der Waals surface area contributed by atoms with Crippen molar-refractivity contribution in [2.75, 3.05) is 0 Å². The minimum absolute atomic E-state index is 0.238. The molecule has 0 spiro atoms. The van der Waals surface area contributed by atoms with Gasteiger partial charge < -0.3 is 0 Å². The fourth-order valence-corrected chi connectivity index (χ4v) is 1.12. The van der Waals surface area contributed by atoms with E-state index in [4.69, 9.17) is 4.89 Å². The van der Waals surface area contributed by atoms with Crippen LogP contribution in [0.15, 0.2) is 18.2 Å². The van der Waals surface area contributed by atoms with Gasteiger partial charge in [-0.2, -0.15) is 4.89 Å². The van der Waals surface area contributed by atoms with Gasteiger partial charge in [0, 0.05) is 18.2 Å². The molecule has 0 aliphatic heterocycles. The quantitative estimate of drug-likeness (QED) is 0.657. The van der Waals surface area contributed by atoms with Gasteiger partial charge in [0.1, 0.15) is 11.6 Å². The lowest BCUT2D eigenvalue weighted by Gasteiger charge is -1.86. The van der Waals surface area contributed by atoms with Crippen LogP contribution in [-0.2, 0) is 4.57 Å². The Labute approximate surface area is 62.3 Å². The van der Waals surface area contributed by atoms with Crippen molar-refractivity contribution in [2.45, 2.75) is 0 Å². The lowest BCUT2D eigenvalue weighted by molar-refractivity contribution is 0.512. The van der Waals surface area contributed by atoms with E-state index in [1.165, 1.54) is 0 Å². The van der Waals surface area contributed by atoms with E-state index < -0.39 is 19.7 Å². The zero-order chi connectivity index (χ0) is 8.43. The maximum Gasteiger partial charge on any atom is 0.546 e. The van der Waals surface area contributed by atoms with Crippen LogP contribution < -0.4 is 5.30 Å². The van der Waals surface area contributed by atoms with Gasteiger partial charge in [-0.25, -0.2) is 8.78 Å². The average Bonchev–Trinajstić information content (AvgIpc) is 1.85. The Morgan fingerprint density at radius 3 is 2.00 bits per heavy atom. The molecule has 1 aromatic carbocycles. The third-order valence-corrected chi connectivity index (χ3v) is 1.77. The molecular formula is C6H4F2O2P+. The lowest BCUT2D eigenvalue weighted by atomic mass is 10.3. The second-order valence-electron chi connectivity index (χ2n) is 1.90. The standard InChI is InChI=1S/C6H3F2O2P/c7-4-1-5(8)3-6(2-4)11(9)10/h1-3H/p+1. The van der Waals surface area contributed by atoms with Crippen molar-refractivity contribution in [1.29, 1.82) is 0 Å². The average molecular weight is 177 g/mol. The van der Waals surface area contributed by atoms with Crippen molar-refractivity contribution >= 4 is 13.3 Å². The summed E-state index contributed by atoms with van der Waals surface area (Å²) >= 11 is 0. The molecule has 0 aliphatic carbocycles. The Morgan fingerprint density at radius 2 is 1.64 bits per heavy atom. The molecule has 0 heterocycles. The van der Waals surface area contributed by atoms with E-state index in [0.29, 0.717) is 6.07 Å². The summed E-state index contributed by atoms with van der Waals surface area (Å²) in [5.41, 5.74) is 0. The predicted molar refractivity (Wildman–Crippen MR) is 35.8 cm³/mol. The normalized spacial score (nSPS) is 11.4. The maximum absolute atomic E-state index is 12.3. The summed E-state index contributed by atoms with van der Waals surface area (Å²) in [6.07, 6.45) is 0. The van der Waals surface area contributed by atoms with Gasteiger partial charge in [0.2, 0.25) is 5.30 Å². The van der Waals surface area contributed by atoms with Crippen LogP contribution in [0.25, 0.3) is 0 Å². The first kappa shape index (κ1) is 8.24. The van der Waals surface area contributed by atoms with Crippen molar-refractivity contribution in [3.63, 3.8) is 0 Å². The third-order valence-electron chi connectivity index (χ3n) is 1.07. The molecule has 1 aromatic rings. The summed E-state index contributed by atoms with van der Waals surface area (Å²) < 4.78 is 34.9. The number of hydrogen-bond acceptors (Lipinski definition) is 1. The summed E-state index contributed by atoms with van der Waals surface area (Å²) in [6, 6.07) is 2.28. The van der Waals surface area contributed by atoms with Crippen LogP contribution in [0.5, 0.6) is 0 Å². The molecular weight excluding hydrogens is 173 g/mol. The van der Waals surface area contributed by atoms with Gasteiger partial charge >= 0.3 is 8.03 Å². The largest absolute Gasteiger partial charge is 0.546 e. The first-order valence-corrected chi connectivity index (χ1v) is 3.93. The predicted octanol–water partition coefficient (Wildman–Crippen LogP) is 1.32. The molecule has 58 valence electrons. The number of hydrogen-bond donors (Lipinski definition) is 1. The molecule has 0 saturated heterocycles. The molecule has 0 amide bonds. The summed E-state index contributed by atoms with van der Waals surface area (Å²) in [7, 11) is -2.66. The van der Waals surface area contributed by atoms with Gasteiger partial charge in [-0.1, -0.05) is 0 Å². The van der Waals surface area contributed by atoms with Gasteiger partial charge in [-0.3, -0.25) is 0 Å².